The average molecular weight is 592 g/mol. The third-order valence-electron chi connectivity index (χ3n) is 7.57. The first-order chi connectivity index (χ1) is 18.7. The van der Waals surface area contributed by atoms with Crippen LogP contribution in [0.25, 0.3) is 17.0 Å². The van der Waals surface area contributed by atoms with Crippen molar-refractivity contribution in [3.8, 4) is 17.1 Å². The van der Waals surface area contributed by atoms with Crippen molar-refractivity contribution in [3.05, 3.63) is 40.2 Å². The van der Waals surface area contributed by atoms with E-state index in [1.165, 1.54) is 17.5 Å². The molecule has 2 aliphatic heterocycles. The van der Waals surface area contributed by atoms with Gasteiger partial charge in [0, 0.05) is 48.4 Å². The lowest BCUT2D eigenvalue weighted by Gasteiger charge is -2.49. The highest BCUT2D eigenvalue weighted by atomic mass is 35.5. The van der Waals surface area contributed by atoms with E-state index < -0.39 is 16.1 Å². The standard InChI is InChI=1S/C28H38ClN5O5S/c1-6-7-20(36)13-39-21-8-9-23(29)22(12-21)26-31-25(24(18(3)30)19(4)35)17(2)27(32-26)33-14-28(15-33)10-11-34(16-28)40(5,37)38/h8-9,12,20,36H,6-7,10-11,13-16,30H2,1-5H3/t20-/m1/s1. The quantitative estimate of drug-likeness (QED) is 0.398. The van der Waals surface area contributed by atoms with Gasteiger partial charge in [0.05, 0.1) is 28.6 Å². The lowest BCUT2D eigenvalue weighted by molar-refractivity contribution is -0.111. The monoisotopic (exact) mass is 591 g/mol. The molecule has 40 heavy (non-hydrogen) atoms. The Kier molecular flexibility index (Phi) is 8.79. The number of benzene rings is 1. The van der Waals surface area contributed by atoms with Crippen LogP contribution >= 0.6 is 11.6 Å². The summed E-state index contributed by atoms with van der Waals surface area (Å²) in [5.41, 5.74) is 8.32. The molecule has 0 aliphatic carbocycles. The lowest BCUT2D eigenvalue weighted by atomic mass is 9.79. The number of ether oxygens (including phenoxy) is 1. The number of hydrogen-bond acceptors (Lipinski definition) is 9. The Hall–Kier alpha value is -2.73. The van der Waals surface area contributed by atoms with Gasteiger partial charge in [-0.3, -0.25) is 4.79 Å². The number of Topliss-reactive ketones (excluding diaryl/α,β-unsaturated/α-hetero) is 1. The number of sulfonamides is 1. The Labute approximate surface area is 241 Å². The van der Waals surface area contributed by atoms with Gasteiger partial charge < -0.3 is 20.5 Å². The SMILES string of the molecule is CCC[C@@H](O)COc1ccc(Cl)c(-c2nc(C(C(C)=O)=C(C)N)c(C)c(N3CC4(CCN(S(C)(=O)=O)C4)C3)n2)c1. The van der Waals surface area contributed by atoms with E-state index in [9.17, 15) is 18.3 Å². The second-order valence-corrected chi connectivity index (χ2v) is 13.4. The van der Waals surface area contributed by atoms with Gasteiger partial charge in [-0.15, -0.1) is 0 Å². The van der Waals surface area contributed by atoms with Crippen LogP contribution in [-0.4, -0.2) is 78.7 Å². The molecule has 0 amide bonds. The zero-order chi connectivity index (χ0) is 29.4. The second kappa shape index (κ2) is 11.6. The largest absolute Gasteiger partial charge is 0.491 e. The number of halogens is 1. The van der Waals surface area contributed by atoms with Gasteiger partial charge in [0.1, 0.15) is 18.2 Å². The van der Waals surface area contributed by atoms with Crippen molar-refractivity contribution in [3.63, 3.8) is 0 Å². The number of carbonyl (C=O) groups is 1. The van der Waals surface area contributed by atoms with Crippen molar-refractivity contribution in [1.29, 1.82) is 0 Å². The maximum Gasteiger partial charge on any atom is 0.211 e. The third-order valence-corrected chi connectivity index (χ3v) is 9.15. The van der Waals surface area contributed by atoms with E-state index in [1.807, 2.05) is 13.8 Å². The number of aliphatic hydroxyl groups is 1. The Balaban J connectivity index is 1.74. The molecule has 2 saturated heterocycles. The van der Waals surface area contributed by atoms with Crippen LogP contribution < -0.4 is 15.4 Å². The highest BCUT2D eigenvalue weighted by Gasteiger charge is 2.50. The molecule has 218 valence electrons. The Morgan fingerprint density at radius 1 is 1.25 bits per heavy atom. The van der Waals surface area contributed by atoms with Crippen molar-refractivity contribution in [1.82, 2.24) is 14.3 Å². The first kappa shape index (κ1) is 30.2. The molecular weight excluding hydrogens is 554 g/mol. The zero-order valence-corrected chi connectivity index (χ0v) is 25.3. The fourth-order valence-corrected chi connectivity index (χ4v) is 6.66. The number of rotatable bonds is 10. The number of nitrogens with zero attached hydrogens (tertiary/aromatic N) is 4. The molecular formula is C28H38ClN5O5S. The predicted molar refractivity (Wildman–Crippen MR) is 157 cm³/mol. The normalized spacial score (nSPS) is 18.4. The molecule has 2 aromatic rings. The summed E-state index contributed by atoms with van der Waals surface area (Å²) < 4.78 is 31.5. The number of ketones is 1. The van der Waals surface area contributed by atoms with Gasteiger partial charge in [-0.1, -0.05) is 24.9 Å². The van der Waals surface area contributed by atoms with E-state index in [2.05, 4.69) is 4.90 Å². The summed E-state index contributed by atoms with van der Waals surface area (Å²) >= 11 is 6.61. The first-order valence-electron chi connectivity index (χ1n) is 13.4. The van der Waals surface area contributed by atoms with E-state index in [1.54, 1.807) is 25.1 Å². The minimum Gasteiger partial charge on any atom is -0.491 e. The fraction of sp³-hybridized carbons (Fsp3) is 0.536. The van der Waals surface area contributed by atoms with Crippen molar-refractivity contribution in [2.45, 2.75) is 53.1 Å². The van der Waals surface area contributed by atoms with Crippen molar-refractivity contribution in [2.24, 2.45) is 11.1 Å². The van der Waals surface area contributed by atoms with Gasteiger partial charge in [0.2, 0.25) is 10.0 Å². The topological polar surface area (TPSA) is 139 Å². The van der Waals surface area contributed by atoms with E-state index in [-0.39, 0.29) is 17.8 Å². The Morgan fingerprint density at radius 2 is 1.95 bits per heavy atom. The minimum absolute atomic E-state index is 0.143. The number of hydrogen-bond donors (Lipinski definition) is 2. The van der Waals surface area contributed by atoms with E-state index >= 15 is 0 Å². The molecule has 0 bridgehead atoms. The van der Waals surface area contributed by atoms with Gasteiger partial charge in [-0.25, -0.2) is 22.7 Å². The molecule has 4 rings (SSSR count). The number of aromatic nitrogens is 2. The summed E-state index contributed by atoms with van der Waals surface area (Å²) in [6.07, 6.45) is 2.91. The van der Waals surface area contributed by atoms with Gasteiger partial charge in [-0.2, -0.15) is 0 Å². The van der Waals surface area contributed by atoms with Crippen molar-refractivity contribution >= 4 is 38.8 Å². The molecule has 3 N–H and O–H groups in total. The molecule has 12 heteroatoms. The molecule has 1 aromatic carbocycles. The van der Waals surface area contributed by atoms with Crippen LogP contribution in [0.2, 0.25) is 5.02 Å². The summed E-state index contributed by atoms with van der Waals surface area (Å²) in [4.78, 5) is 24.4. The van der Waals surface area contributed by atoms with Crippen molar-refractivity contribution in [2.75, 3.05) is 43.9 Å². The van der Waals surface area contributed by atoms with Gasteiger partial charge in [-0.05, 0) is 51.8 Å². The number of nitrogens with two attached hydrogens (primary N) is 1. The van der Waals surface area contributed by atoms with Crippen LogP contribution in [0.4, 0.5) is 5.82 Å². The molecule has 1 aromatic heterocycles. The van der Waals surface area contributed by atoms with Crippen LogP contribution in [0.1, 0.15) is 51.3 Å². The van der Waals surface area contributed by atoms with Crippen LogP contribution in [0.3, 0.4) is 0 Å². The number of carbonyl (C=O) groups excluding carboxylic acids is 1. The number of aliphatic hydroxyl groups excluding tert-OH is 1. The summed E-state index contributed by atoms with van der Waals surface area (Å²) in [5, 5.41) is 10.5. The summed E-state index contributed by atoms with van der Waals surface area (Å²) in [5.74, 6) is 1.25. The molecule has 3 heterocycles. The average Bonchev–Trinajstić information content (AvgIpc) is 3.30. The molecule has 0 saturated carbocycles. The second-order valence-electron chi connectivity index (χ2n) is 11.1. The number of anilines is 1. The van der Waals surface area contributed by atoms with Crippen LogP contribution in [0.5, 0.6) is 5.75 Å². The van der Waals surface area contributed by atoms with Crippen LogP contribution in [0, 0.1) is 12.3 Å². The molecule has 0 radical (unpaired) electrons. The highest BCUT2D eigenvalue weighted by molar-refractivity contribution is 7.88. The smallest absolute Gasteiger partial charge is 0.211 e. The predicted octanol–water partition coefficient (Wildman–Crippen LogP) is 3.40. The zero-order valence-electron chi connectivity index (χ0n) is 23.7. The fourth-order valence-electron chi connectivity index (χ4n) is 5.53. The highest BCUT2D eigenvalue weighted by Crippen LogP contribution is 2.44. The van der Waals surface area contributed by atoms with Gasteiger partial charge in [0.15, 0.2) is 11.6 Å². The third kappa shape index (κ3) is 6.27. The minimum atomic E-state index is -3.25. The molecule has 2 fully saturated rings. The van der Waals surface area contributed by atoms with Crippen molar-refractivity contribution < 1.29 is 23.1 Å². The van der Waals surface area contributed by atoms with E-state index in [4.69, 9.17) is 32.0 Å². The van der Waals surface area contributed by atoms with Crippen LogP contribution in [-0.2, 0) is 14.8 Å². The number of allylic oxidation sites excluding steroid dienone is 2. The molecule has 0 unspecified atom stereocenters. The van der Waals surface area contributed by atoms with Gasteiger partial charge >= 0.3 is 0 Å². The summed E-state index contributed by atoms with van der Waals surface area (Å²) in [7, 11) is -3.25. The maximum atomic E-state index is 12.7. The van der Waals surface area contributed by atoms with E-state index in [0.29, 0.717) is 83.1 Å². The Morgan fingerprint density at radius 3 is 2.52 bits per heavy atom. The summed E-state index contributed by atoms with van der Waals surface area (Å²) in [6, 6.07) is 5.14. The van der Waals surface area contributed by atoms with Gasteiger partial charge in [0.25, 0.3) is 0 Å². The molecule has 2 aliphatic rings. The van der Waals surface area contributed by atoms with E-state index in [0.717, 1.165) is 12.8 Å². The first-order valence-corrected chi connectivity index (χ1v) is 15.6. The summed E-state index contributed by atoms with van der Waals surface area (Å²) in [6.45, 7) is 9.35. The maximum absolute atomic E-state index is 12.7. The lowest BCUT2D eigenvalue weighted by Crippen LogP contribution is -2.58. The molecule has 10 nitrogen and oxygen atoms in total. The van der Waals surface area contributed by atoms with Crippen LogP contribution in [0.15, 0.2) is 23.9 Å². The molecule has 1 spiro atoms. The molecule has 1 atom stereocenters. The Bertz CT molecular complexity index is 1430.